The minimum absolute atomic E-state index is 0. The van der Waals surface area contributed by atoms with Gasteiger partial charge in [-0.2, -0.15) is 0 Å². The Morgan fingerprint density at radius 2 is 1.78 bits per heavy atom. The van der Waals surface area contributed by atoms with E-state index in [1.165, 1.54) is 11.1 Å². The molecule has 0 spiro atoms. The molecule has 0 aromatic heterocycles. The maximum Gasteiger partial charge on any atom is 0.230 e. The highest BCUT2D eigenvalue weighted by molar-refractivity contribution is 5.88. The molecule has 0 radical (unpaired) electrons. The van der Waals surface area contributed by atoms with Crippen LogP contribution in [-0.2, 0) is 10.2 Å². The van der Waals surface area contributed by atoms with Gasteiger partial charge in [0.25, 0.3) is 0 Å². The predicted molar refractivity (Wildman–Crippen MR) is 99.2 cm³/mol. The zero-order chi connectivity index (χ0) is 16.0. The SMILES string of the molecule is CC(C)c1ccc(C2(C(=O)NCCCCN)CCCC2)cc1.Cl. The number of hydrogen-bond donors (Lipinski definition) is 2. The van der Waals surface area contributed by atoms with Crippen LogP contribution < -0.4 is 11.1 Å². The number of nitrogens with one attached hydrogen (secondary N) is 1. The number of unbranched alkanes of at least 4 members (excludes halogenated alkanes) is 1. The summed E-state index contributed by atoms with van der Waals surface area (Å²) in [6.45, 7) is 5.83. The van der Waals surface area contributed by atoms with Crippen LogP contribution in [0.25, 0.3) is 0 Å². The van der Waals surface area contributed by atoms with Crippen molar-refractivity contribution in [2.75, 3.05) is 13.1 Å². The van der Waals surface area contributed by atoms with E-state index < -0.39 is 0 Å². The number of halogens is 1. The summed E-state index contributed by atoms with van der Waals surface area (Å²) in [5, 5.41) is 3.14. The molecule has 3 N–H and O–H groups in total. The van der Waals surface area contributed by atoms with Crippen LogP contribution in [0, 0.1) is 0 Å². The Morgan fingerprint density at radius 1 is 1.17 bits per heavy atom. The number of benzene rings is 1. The fraction of sp³-hybridized carbons (Fsp3) is 0.632. The molecule has 23 heavy (non-hydrogen) atoms. The molecular weight excluding hydrogens is 308 g/mol. The molecule has 1 saturated carbocycles. The van der Waals surface area contributed by atoms with Gasteiger partial charge in [0.2, 0.25) is 5.91 Å². The molecule has 4 heteroatoms. The lowest BCUT2D eigenvalue weighted by Gasteiger charge is -2.28. The standard InChI is InChI=1S/C19H30N2O.ClH/c1-15(2)16-7-9-17(10-8-16)19(11-3-4-12-19)18(22)21-14-6-5-13-20;/h7-10,15H,3-6,11-14,20H2,1-2H3,(H,21,22);1H. The second kappa shape index (κ2) is 9.29. The normalized spacial score (nSPS) is 16.2. The first-order valence-electron chi connectivity index (χ1n) is 8.69. The third kappa shape index (κ3) is 4.71. The van der Waals surface area contributed by atoms with Crippen molar-refractivity contribution in [3.63, 3.8) is 0 Å². The van der Waals surface area contributed by atoms with Crippen molar-refractivity contribution in [1.29, 1.82) is 0 Å². The van der Waals surface area contributed by atoms with Crippen LogP contribution in [0.1, 0.15) is 69.4 Å². The maximum atomic E-state index is 12.8. The van der Waals surface area contributed by atoms with Gasteiger partial charge in [-0.25, -0.2) is 0 Å². The van der Waals surface area contributed by atoms with Gasteiger partial charge in [-0.3, -0.25) is 4.79 Å². The van der Waals surface area contributed by atoms with Gasteiger partial charge in [-0.1, -0.05) is 51.0 Å². The number of hydrogen-bond acceptors (Lipinski definition) is 2. The van der Waals surface area contributed by atoms with Gasteiger partial charge in [-0.15, -0.1) is 12.4 Å². The topological polar surface area (TPSA) is 55.1 Å². The molecule has 1 aliphatic carbocycles. The summed E-state index contributed by atoms with van der Waals surface area (Å²) < 4.78 is 0. The van der Waals surface area contributed by atoms with E-state index in [2.05, 4.69) is 43.4 Å². The highest BCUT2D eigenvalue weighted by Gasteiger charge is 2.42. The second-order valence-corrected chi connectivity index (χ2v) is 6.82. The van der Waals surface area contributed by atoms with Crippen LogP contribution in [-0.4, -0.2) is 19.0 Å². The Balaban J connectivity index is 0.00000264. The average molecular weight is 339 g/mol. The number of amides is 1. The summed E-state index contributed by atoms with van der Waals surface area (Å²) in [4.78, 5) is 12.8. The quantitative estimate of drug-likeness (QED) is 0.741. The van der Waals surface area contributed by atoms with Crippen LogP contribution in [0.2, 0.25) is 0 Å². The minimum Gasteiger partial charge on any atom is -0.355 e. The van der Waals surface area contributed by atoms with E-state index in [0.29, 0.717) is 12.5 Å². The Morgan fingerprint density at radius 3 is 2.30 bits per heavy atom. The van der Waals surface area contributed by atoms with E-state index in [4.69, 9.17) is 5.73 Å². The monoisotopic (exact) mass is 338 g/mol. The lowest BCUT2D eigenvalue weighted by atomic mass is 9.77. The zero-order valence-corrected chi connectivity index (χ0v) is 15.3. The Kier molecular flexibility index (Phi) is 8.07. The Labute approximate surface area is 146 Å². The number of carbonyl (C=O) groups excluding carboxylic acids is 1. The van der Waals surface area contributed by atoms with Crippen LogP contribution in [0.3, 0.4) is 0 Å². The molecule has 1 aromatic rings. The highest BCUT2D eigenvalue weighted by atomic mass is 35.5. The van der Waals surface area contributed by atoms with Crippen LogP contribution in [0.4, 0.5) is 0 Å². The molecule has 0 heterocycles. The number of carbonyl (C=O) groups is 1. The molecule has 130 valence electrons. The van der Waals surface area contributed by atoms with Gasteiger partial charge >= 0.3 is 0 Å². The molecule has 3 nitrogen and oxygen atoms in total. The summed E-state index contributed by atoms with van der Waals surface area (Å²) in [7, 11) is 0. The van der Waals surface area contributed by atoms with Gasteiger partial charge in [0, 0.05) is 6.54 Å². The van der Waals surface area contributed by atoms with Crippen LogP contribution in [0.5, 0.6) is 0 Å². The Bertz CT molecular complexity index is 479. The average Bonchev–Trinajstić information content (AvgIpc) is 3.02. The van der Waals surface area contributed by atoms with Crippen molar-refractivity contribution < 1.29 is 4.79 Å². The predicted octanol–water partition coefficient (Wildman–Crippen LogP) is 3.90. The van der Waals surface area contributed by atoms with Crippen molar-refractivity contribution in [2.24, 2.45) is 5.73 Å². The van der Waals surface area contributed by atoms with Gasteiger partial charge in [0.15, 0.2) is 0 Å². The summed E-state index contributed by atoms with van der Waals surface area (Å²) in [5.74, 6) is 0.734. The molecule has 0 saturated heterocycles. The molecule has 0 unspecified atom stereocenters. The lowest BCUT2D eigenvalue weighted by Crippen LogP contribution is -2.43. The smallest absolute Gasteiger partial charge is 0.230 e. The first kappa shape index (κ1) is 20.0. The maximum absolute atomic E-state index is 12.8. The van der Waals surface area contributed by atoms with Gasteiger partial charge in [0.1, 0.15) is 0 Å². The van der Waals surface area contributed by atoms with E-state index in [9.17, 15) is 4.79 Å². The fourth-order valence-corrected chi connectivity index (χ4v) is 3.45. The molecule has 0 atom stereocenters. The molecule has 1 aromatic carbocycles. The van der Waals surface area contributed by atoms with Crippen molar-refractivity contribution in [3.8, 4) is 0 Å². The van der Waals surface area contributed by atoms with Crippen LogP contribution >= 0.6 is 12.4 Å². The number of rotatable bonds is 7. The van der Waals surface area contributed by atoms with Crippen molar-refractivity contribution in [3.05, 3.63) is 35.4 Å². The van der Waals surface area contributed by atoms with Crippen molar-refractivity contribution >= 4 is 18.3 Å². The summed E-state index contributed by atoms with van der Waals surface area (Å²) in [6.07, 6.45) is 6.15. The van der Waals surface area contributed by atoms with Gasteiger partial charge in [0.05, 0.1) is 5.41 Å². The second-order valence-electron chi connectivity index (χ2n) is 6.82. The minimum atomic E-state index is -0.307. The van der Waals surface area contributed by atoms with Crippen molar-refractivity contribution in [1.82, 2.24) is 5.32 Å². The molecule has 1 aliphatic rings. The molecule has 0 aliphatic heterocycles. The first-order valence-corrected chi connectivity index (χ1v) is 8.69. The molecule has 2 rings (SSSR count). The molecule has 1 fully saturated rings. The largest absolute Gasteiger partial charge is 0.355 e. The van der Waals surface area contributed by atoms with E-state index in [1.807, 2.05) is 0 Å². The van der Waals surface area contributed by atoms with E-state index in [-0.39, 0.29) is 23.7 Å². The first-order chi connectivity index (χ1) is 10.6. The molecular formula is C19H31ClN2O. The third-order valence-corrected chi connectivity index (χ3v) is 4.94. The zero-order valence-electron chi connectivity index (χ0n) is 14.4. The lowest BCUT2D eigenvalue weighted by molar-refractivity contribution is -0.126. The van der Waals surface area contributed by atoms with Crippen LogP contribution in [0.15, 0.2) is 24.3 Å². The van der Waals surface area contributed by atoms with Crippen molar-refractivity contribution in [2.45, 2.75) is 63.7 Å². The van der Waals surface area contributed by atoms with Gasteiger partial charge < -0.3 is 11.1 Å². The fourth-order valence-electron chi connectivity index (χ4n) is 3.45. The summed E-state index contributed by atoms with van der Waals surface area (Å²) in [5.41, 5.74) is 7.72. The van der Waals surface area contributed by atoms with E-state index in [1.54, 1.807) is 0 Å². The van der Waals surface area contributed by atoms with E-state index >= 15 is 0 Å². The molecule has 1 amide bonds. The molecule has 0 bridgehead atoms. The summed E-state index contributed by atoms with van der Waals surface area (Å²) >= 11 is 0. The number of nitrogens with two attached hydrogens (primary N) is 1. The Hall–Kier alpha value is -1.06. The highest BCUT2D eigenvalue weighted by Crippen LogP contribution is 2.41. The van der Waals surface area contributed by atoms with E-state index in [0.717, 1.165) is 45.1 Å². The third-order valence-electron chi connectivity index (χ3n) is 4.94. The van der Waals surface area contributed by atoms with Gasteiger partial charge in [-0.05, 0) is 49.3 Å². The summed E-state index contributed by atoms with van der Waals surface area (Å²) in [6, 6.07) is 8.70.